The van der Waals surface area contributed by atoms with Gasteiger partial charge in [0.15, 0.2) is 22.3 Å². The van der Waals surface area contributed by atoms with E-state index >= 15 is 0 Å². The molecule has 7 nitrogen and oxygen atoms in total. The molecule has 0 saturated carbocycles. The van der Waals surface area contributed by atoms with Crippen LogP contribution in [0.2, 0.25) is 20.2 Å². The van der Waals surface area contributed by atoms with E-state index in [0.717, 1.165) is 0 Å². The molecule has 0 bridgehead atoms. The number of hydrogen-bond donors (Lipinski definition) is 2. The molecule has 1 amide bonds. The molecule has 2 rings (SSSR count). The number of pyridine rings is 1. The third-order valence-corrected chi connectivity index (χ3v) is 4.62. The summed E-state index contributed by atoms with van der Waals surface area (Å²) in [6.07, 6.45) is 1.36. The molecule has 27 heavy (non-hydrogen) atoms. The Kier molecular flexibility index (Phi) is 7.38. The van der Waals surface area contributed by atoms with Gasteiger partial charge in [-0.25, -0.2) is 10.4 Å². The quantitative estimate of drug-likeness (QED) is 0.384. The molecule has 3 N–H and O–H groups in total. The molecule has 0 unspecified atom stereocenters. The summed E-state index contributed by atoms with van der Waals surface area (Å²) in [5.41, 5.74) is 8.26. The van der Waals surface area contributed by atoms with E-state index in [2.05, 4.69) is 15.5 Å². The number of carbonyl (C=O) groups is 1. The topological polar surface area (TPSA) is 98.8 Å². The van der Waals surface area contributed by atoms with Crippen molar-refractivity contribution in [2.75, 3.05) is 19.5 Å². The minimum atomic E-state index is -0.717. The number of hydrazone groups is 1. The van der Waals surface area contributed by atoms with Gasteiger partial charge in [0, 0.05) is 0 Å². The van der Waals surface area contributed by atoms with E-state index in [0.29, 0.717) is 28.7 Å². The van der Waals surface area contributed by atoms with Gasteiger partial charge in [0.05, 0.1) is 35.7 Å². The number of aromatic nitrogens is 1. The van der Waals surface area contributed by atoms with Crippen LogP contribution < -0.4 is 20.6 Å². The van der Waals surface area contributed by atoms with Gasteiger partial charge < -0.3 is 15.2 Å². The summed E-state index contributed by atoms with van der Waals surface area (Å²) in [5.74, 6) is 0.134. The van der Waals surface area contributed by atoms with E-state index in [-0.39, 0.29) is 26.6 Å². The number of nitrogen functional groups attached to an aromatic ring is 1. The zero-order valence-electron chi connectivity index (χ0n) is 14.1. The number of nitrogens with one attached hydrogen (secondary N) is 1. The molecule has 0 spiro atoms. The fraction of sp³-hybridized carbons (Fsp3) is 0.188. The predicted octanol–water partition coefficient (Wildman–Crippen LogP) is 4.45. The van der Waals surface area contributed by atoms with Crippen LogP contribution in [0.15, 0.2) is 17.2 Å². The Morgan fingerprint density at radius 2 is 2.00 bits per heavy atom. The van der Waals surface area contributed by atoms with Crippen molar-refractivity contribution >= 4 is 64.2 Å². The fourth-order valence-electron chi connectivity index (χ4n) is 2.00. The number of hydrogen-bond acceptors (Lipinski definition) is 6. The molecular formula is C16H14Cl4N4O3. The zero-order valence-corrected chi connectivity index (χ0v) is 17.2. The van der Waals surface area contributed by atoms with Crippen LogP contribution in [-0.2, 0) is 0 Å². The molecule has 0 aliphatic heterocycles. The number of ether oxygens (including phenoxy) is 2. The summed E-state index contributed by atoms with van der Waals surface area (Å²) < 4.78 is 10.7. The van der Waals surface area contributed by atoms with Gasteiger partial charge in [-0.05, 0) is 24.6 Å². The minimum absolute atomic E-state index is 0.0298. The van der Waals surface area contributed by atoms with Crippen LogP contribution in [0.25, 0.3) is 0 Å². The fourth-order valence-corrected chi connectivity index (χ4v) is 2.87. The first-order valence-electron chi connectivity index (χ1n) is 7.43. The van der Waals surface area contributed by atoms with E-state index < -0.39 is 5.91 Å². The van der Waals surface area contributed by atoms with Gasteiger partial charge >= 0.3 is 0 Å². The highest BCUT2D eigenvalue weighted by molar-refractivity contribution is 6.46. The highest BCUT2D eigenvalue weighted by Gasteiger charge is 2.19. The molecule has 0 fully saturated rings. The van der Waals surface area contributed by atoms with Crippen molar-refractivity contribution in [1.29, 1.82) is 0 Å². The third-order valence-electron chi connectivity index (χ3n) is 3.21. The average molecular weight is 452 g/mol. The Labute approximate surface area is 175 Å². The Balaban J connectivity index is 2.21. The molecule has 0 aliphatic carbocycles. The van der Waals surface area contributed by atoms with Crippen LogP contribution in [0.4, 0.5) is 5.69 Å². The number of amides is 1. The lowest BCUT2D eigenvalue weighted by molar-refractivity contribution is 0.0950. The van der Waals surface area contributed by atoms with Crippen LogP contribution in [0.1, 0.15) is 23.0 Å². The highest BCUT2D eigenvalue weighted by atomic mass is 35.5. The summed E-state index contributed by atoms with van der Waals surface area (Å²) in [5, 5.41) is 3.88. The van der Waals surface area contributed by atoms with Crippen molar-refractivity contribution in [3.8, 4) is 11.5 Å². The van der Waals surface area contributed by atoms with Crippen LogP contribution in [-0.4, -0.2) is 30.8 Å². The van der Waals surface area contributed by atoms with Gasteiger partial charge in [-0.15, -0.1) is 0 Å². The molecule has 1 heterocycles. The van der Waals surface area contributed by atoms with E-state index in [1.165, 1.54) is 13.3 Å². The number of methoxy groups -OCH3 is 1. The summed E-state index contributed by atoms with van der Waals surface area (Å²) in [7, 11) is 1.49. The molecule has 0 aliphatic rings. The van der Waals surface area contributed by atoms with Gasteiger partial charge in [0.25, 0.3) is 5.91 Å². The molecule has 1 aromatic carbocycles. The molecule has 1 aromatic heterocycles. The van der Waals surface area contributed by atoms with Crippen molar-refractivity contribution in [3.05, 3.63) is 43.6 Å². The molecular weight excluding hydrogens is 438 g/mol. The lowest BCUT2D eigenvalue weighted by Gasteiger charge is -2.11. The Morgan fingerprint density at radius 3 is 2.63 bits per heavy atom. The monoisotopic (exact) mass is 450 g/mol. The van der Waals surface area contributed by atoms with Gasteiger partial charge in [0.1, 0.15) is 5.02 Å². The SMILES string of the molecule is CCOc1c(Cl)cc(/C=N/NC(=O)c2nc(Cl)c(Cl)c(N)c2Cl)cc1OC. The number of anilines is 1. The summed E-state index contributed by atoms with van der Waals surface area (Å²) in [4.78, 5) is 16.0. The predicted molar refractivity (Wildman–Crippen MR) is 108 cm³/mol. The standard InChI is InChI=1S/C16H14Cl4N4O3/c1-3-27-14-8(17)4-7(5-9(14)26-2)6-22-24-16(25)13-10(18)12(21)11(19)15(20)23-13/h4-6H,3H2,1-2H3,(H2,21,23)(H,24,25)/b22-6+. The normalized spacial score (nSPS) is 10.9. The summed E-state index contributed by atoms with van der Waals surface area (Å²) in [6.45, 7) is 2.26. The van der Waals surface area contributed by atoms with Crippen LogP contribution in [0.5, 0.6) is 11.5 Å². The number of halogens is 4. The largest absolute Gasteiger partial charge is 0.493 e. The number of rotatable bonds is 6. The molecule has 0 radical (unpaired) electrons. The lowest BCUT2D eigenvalue weighted by Crippen LogP contribution is -2.20. The first-order valence-corrected chi connectivity index (χ1v) is 8.95. The second-order valence-corrected chi connectivity index (χ2v) is 6.48. The average Bonchev–Trinajstić information content (AvgIpc) is 2.64. The zero-order chi connectivity index (χ0) is 20.1. The number of nitrogens with zero attached hydrogens (tertiary/aromatic N) is 2. The maximum atomic E-state index is 12.2. The van der Waals surface area contributed by atoms with Crippen molar-refractivity contribution in [1.82, 2.24) is 10.4 Å². The smallest absolute Gasteiger partial charge is 0.291 e. The van der Waals surface area contributed by atoms with Gasteiger partial charge in [-0.1, -0.05) is 46.4 Å². The lowest BCUT2D eigenvalue weighted by atomic mass is 10.2. The molecule has 0 saturated heterocycles. The van der Waals surface area contributed by atoms with E-state index in [1.54, 1.807) is 12.1 Å². The first-order chi connectivity index (χ1) is 12.8. The summed E-state index contributed by atoms with van der Waals surface area (Å²) >= 11 is 23.8. The molecule has 144 valence electrons. The minimum Gasteiger partial charge on any atom is -0.493 e. The van der Waals surface area contributed by atoms with E-state index in [9.17, 15) is 4.79 Å². The van der Waals surface area contributed by atoms with Crippen LogP contribution >= 0.6 is 46.4 Å². The number of benzene rings is 1. The Bertz CT molecular complexity index is 906. The van der Waals surface area contributed by atoms with Gasteiger partial charge in [-0.2, -0.15) is 5.10 Å². The number of carbonyl (C=O) groups excluding carboxylic acids is 1. The summed E-state index contributed by atoms with van der Waals surface area (Å²) in [6, 6.07) is 3.25. The van der Waals surface area contributed by atoms with E-state index in [1.807, 2.05) is 6.92 Å². The maximum Gasteiger partial charge on any atom is 0.291 e. The van der Waals surface area contributed by atoms with Crippen molar-refractivity contribution < 1.29 is 14.3 Å². The number of nitrogens with two attached hydrogens (primary N) is 1. The first kappa shape index (κ1) is 21.4. The van der Waals surface area contributed by atoms with Gasteiger partial charge in [-0.3, -0.25) is 4.79 Å². The second-order valence-electron chi connectivity index (χ2n) is 4.96. The van der Waals surface area contributed by atoms with Gasteiger partial charge in [0.2, 0.25) is 0 Å². The second kappa shape index (κ2) is 9.32. The van der Waals surface area contributed by atoms with Crippen LogP contribution in [0, 0.1) is 0 Å². The Hall–Kier alpha value is -1.93. The molecule has 11 heteroatoms. The van der Waals surface area contributed by atoms with E-state index in [4.69, 9.17) is 61.6 Å². The molecule has 0 atom stereocenters. The van der Waals surface area contributed by atoms with Crippen molar-refractivity contribution in [3.63, 3.8) is 0 Å². The third kappa shape index (κ3) is 4.87. The Morgan fingerprint density at radius 1 is 1.30 bits per heavy atom. The van der Waals surface area contributed by atoms with Crippen LogP contribution in [0.3, 0.4) is 0 Å². The molecule has 2 aromatic rings. The maximum absolute atomic E-state index is 12.2. The van der Waals surface area contributed by atoms with Crippen molar-refractivity contribution in [2.45, 2.75) is 6.92 Å². The highest BCUT2D eigenvalue weighted by Crippen LogP contribution is 2.36. The van der Waals surface area contributed by atoms with Crippen molar-refractivity contribution in [2.24, 2.45) is 5.10 Å².